The Labute approximate surface area is 161 Å². The number of carbonyl (C=O) groups is 1. The number of urea groups is 1. The van der Waals surface area contributed by atoms with Gasteiger partial charge in [-0.2, -0.15) is 5.10 Å². The van der Waals surface area contributed by atoms with E-state index in [0.717, 1.165) is 48.4 Å². The van der Waals surface area contributed by atoms with Gasteiger partial charge < -0.3 is 15.4 Å². The summed E-state index contributed by atoms with van der Waals surface area (Å²) in [5.41, 5.74) is 3.35. The number of aromatic nitrogens is 2. The van der Waals surface area contributed by atoms with Crippen LogP contribution in [0.3, 0.4) is 0 Å². The summed E-state index contributed by atoms with van der Waals surface area (Å²) >= 11 is 0. The lowest BCUT2D eigenvalue weighted by Crippen LogP contribution is -2.42. The van der Waals surface area contributed by atoms with Crippen LogP contribution in [0.5, 0.6) is 5.75 Å². The van der Waals surface area contributed by atoms with Crippen LogP contribution in [0, 0.1) is 5.41 Å². The molecule has 2 N–H and O–H groups in total. The van der Waals surface area contributed by atoms with Crippen LogP contribution >= 0.6 is 0 Å². The van der Waals surface area contributed by atoms with Gasteiger partial charge >= 0.3 is 6.03 Å². The number of nitrogens with one attached hydrogen (secondary N) is 2. The van der Waals surface area contributed by atoms with Crippen molar-refractivity contribution in [3.8, 4) is 11.4 Å². The van der Waals surface area contributed by atoms with Crippen molar-refractivity contribution in [3.63, 3.8) is 0 Å². The number of carbonyl (C=O) groups excluding carboxylic acids is 1. The highest BCUT2D eigenvalue weighted by Crippen LogP contribution is 2.41. The Morgan fingerprint density at radius 2 is 2.07 bits per heavy atom. The number of amides is 2. The van der Waals surface area contributed by atoms with Crippen LogP contribution in [-0.4, -0.2) is 29.5 Å². The Balaban J connectivity index is 1.84. The standard InChI is InChI=1S/C21H30N4O2/c1-5-6-11-22-20(26)24-18-12-21(2,3)13-19-17(18)14-23-25(19)15-7-9-16(27-4)10-8-15/h7-10,14,18H,5-6,11-13H2,1-4H3,(H2,22,24,26)/t18-/m1/s1. The molecule has 1 aliphatic carbocycles. The lowest BCUT2D eigenvalue weighted by Gasteiger charge is -2.36. The average Bonchev–Trinajstić information content (AvgIpc) is 3.04. The van der Waals surface area contributed by atoms with Crippen molar-refractivity contribution in [2.45, 2.75) is 52.5 Å². The van der Waals surface area contributed by atoms with Crippen LogP contribution in [-0.2, 0) is 6.42 Å². The lowest BCUT2D eigenvalue weighted by molar-refractivity contribution is 0.220. The number of benzene rings is 1. The second-order valence-corrected chi connectivity index (χ2v) is 8.01. The fourth-order valence-corrected chi connectivity index (χ4v) is 3.71. The fourth-order valence-electron chi connectivity index (χ4n) is 3.71. The summed E-state index contributed by atoms with van der Waals surface area (Å²) < 4.78 is 7.23. The van der Waals surface area contributed by atoms with Crippen molar-refractivity contribution in [1.29, 1.82) is 0 Å². The molecule has 6 heteroatoms. The first-order chi connectivity index (χ1) is 12.9. The highest BCUT2D eigenvalue weighted by atomic mass is 16.5. The maximum Gasteiger partial charge on any atom is 0.315 e. The maximum atomic E-state index is 12.3. The van der Waals surface area contributed by atoms with Gasteiger partial charge in [0.1, 0.15) is 5.75 Å². The van der Waals surface area contributed by atoms with E-state index in [4.69, 9.17) is 4.74 Å². The molecule has 0 fully saturated rings. The van der Waals surface area contributed by atoms with E-state index in [2.05, 4.69) is 36.5 Å². The van der Waals surface area contributed by atoms with Crippen molar-refractivity contribution in [2.24, 2.45) is 5.41 Å². The van der Waals surface area contributed by atoms with Gasteiger partial charge in [-0.3, -0.25) is 0 Å². The van der Waals surface area contributed by atoms with E-state index in [9.17, 15) is 4.79 Å². The van der Waals surface area contributed by atoms with Crippen LogP contribution in [0.25, 0.3) is 5.69 Å². The smallest absolute Gasteiger partial charge is 0.315 e. The summed E-state index contributed by atoms with van der Waals surface area (Å²) in [4.78, 5) is 12.3. The van der Waals surface area contributed by atoms with Crippen molar-refractivity contribution < 1.29 is 9.53 Å². The quantitative estimate of drug-likeness (QED) is 0.756. The molecule has 0 aliphatic heterocycles. The van der Waals surface area contributed by atoms with Gasteiger partial charge in [0.15, 0.2) is 0 Å². The first kappa shape index (κ1) is 19.3. The van der Waals surface area contributed by atoms with Gasteiger partial charge in [-0.25, -0.2) is 9.48 Å². The number of nitrogens with zero attached hydrogens (tertiary/aromatic N) is 2. The van der Waals surface area contributed by atoms with Gasteiger partial charge in [0, 0.05) is 12.1 Å². The predicted molar refractivity (Wildman–Crippen MR) is 106 cm³/mol. The predicted octanol–water partition coefficient (Wildman–Crippen LogP) is 3.99. The molecule has 1 aliphatic rings. The summed E-state index contributed by atoms with van der Waals surface area (Å²) in [5, 5.41) is 10.7. The number of fused-ring (bicyclic) bond motifs is 1. The summed E-state index contributed by atoms with van der Waals surface area (Å²) in [6.07, 6.45) is 5.77. The normalized spacial score (nSPS) is 17.9. The monoisotopic (exact) mass is 370 g/mol. The molecule has 27 heavy (non-hydrogen) atoms. The van der Waals surface area contributed by atoms with E-state index in [0.29, 0.717) is 6.54 Å². The molecule has 0 spiro atoms. The number of hydrogen-bond acceptors (Lipinski definition) is 3. The van der Waals surface area contributed by atoms with Crippen LogP contribution in [0.1, 0.15) is 57.3 Å². The Kier molecular flexibility index (Phi) is 5.73. The molecule has 0 saturated carbocycles. The molecular weight excluding hydrogens is 340 g/mol. The van der Waals surface area contributed by atoms with Crippen molar-refractivity contribution in [2.75, 3.05) is 13.7 Å². The number of unbranched alkanes of at least 4 members (excludes halogenated alkanes) is 1. The molecule has 1 aromatic carbocycles. The summed E-state index contributed by atoms with van der Waals surface area (Å²) in [6, 6.07) is 7.76. The van der Waals surface area contributed by atoms with Crippen LogP contribution in [0.15, 0.2) is 30.5 Å². The molecule has 0 radical (unpaired) electrons. The van der Waals surface area contributed by atoms with E-state index in [-0.39, 0.29) is 17.5 Å². The Hall–Kier alpha value is -2.50. The maximum absolute atomic E-state index is 12.3. The molecule has 1 aromatic heterocycles. The molecule has 1 heterocycles. The van der Waals surface area contributed by atoms with E-state index >= 15 is 0 Å². The second kappa shape index (κ2) is 8.03. The topological polar surface area (TPSA) is 68.2 Å². The van der Waals surface area contributed by atoms with Crippen LogP contribution in [0.4, 0.5) is 4.79 Å². The summed E-state index contributed by atoms with van der Waals surface area (Å²) in [6.45, 7) is 7.30. The molecule has 2 amide bonds. The van der Waals surface area contributed by atoms with Gasteiger partial charge in [0.25, 0.3) is 0 Å². The molecular formula is C21H30N4O2. The average molecular weight is 370 g/mol. The highest BCUT2D eigenvalue weighted by molar-refractivity contribution is 5.74. The van der Waals surface area contributed by atoms with E-state index in [1.54, 1.807) is 7.11 Å². The van der Waals surface area contributed by atoms with Crippen LogP contribution < -0.4 is 15.4 Å². The zero-order chi connectivity index (χ0) is 19.4. The van der Waals surface area contributed by atoms with Crippen LogP contribution in [0.2, 0.25) is 0 Å². The van der Waals surface area contributed by atoms with Gasteiger partial charge in [0.05, 0.1) is 30.7 Å². The van der Waals surface area contributed by atoms with Gasteiger partial charge in [-0.05, 0) is 48.9 Å². The van der Waals surface area contributed by atoms with Gasteiger partial charge in [-0.1, -0.05) is 27.2 Å². The molecule has 0 bridgehead atoms. The summed E-state index contributed by atoms with van der Waals surface area (Å²) in [5.74, 6) is 0.823. The molecule has 0 unspecified atom stereocenters. The van der Waals surface area contributed by atoms with Crippen molar-refractivity contribution >= 4 is 6.03 Å². The third kappa shape index (κ3) is 4.43. The Morgan fingerprint density at radius 1 is 1.33 bits per heavy atom. The zero-order valence-electron chi connectivity index (χ0n) is 16.7. The number of hydrogen-bond donors (Lipinski definition) is 2. The van der Waals surface area contributed by atoms with Gasteiger partial charge in [0.2, 0.25) is 0 Å². The minimum Gasteiger partial charge on any atom is -0.497 e. The Bertz CT molecular complexity index is 780. The van der Waals surface area contributed by atoms with E-state index in [1.165, 1.54) is 0 Å². The molecule has 0 saturated heterocycles. The fraction of sp³-hybridized carbons (Fsp3) is 0.524. The number of rotatable bonds is 6. The molecule has 146 valence electrons. The molecule has 3 rings (SSSR count). The zero-order valence-corrected chi connectivity index (χ0v) is 16.7. The molecule has 1 atom stereocenters. The Morgan fingerprint density at radius 3 is 2.74 bits per heavy atom. The summed E-state index contributed by atoms with van der Waals surface area (Å²) in [7, 11) is 1.66. The number of ether oxygens (including phenoxy) is 1. The highest BCUT2D eigenvalue weighted by Gasteiger charge is 2.36. The van der Waals surface area contributed by atoms with Crippen molar-refractivity contribution in [3.05, 3.63) is 41.7 Å². The first-order valence-corrected chi connectivity index (χ1v) is 9.69. The van der Waals surface area contributed by atoms with Crippen molar-refractivity contribution in [1.82, 2.24) is 20.4 Å². The van der Waals surface area contributed by atoms with E-state index in [1.807, 2.05) is 35.1 Å². The minimum atomic E-state index is -0.103. The van der Waals surface area contributed by atoms with E-state index < -0.39 is 0 Å². The molecule has 6 nitrogen and oxygen atoms in total. The second-order valence-electron chi connectivity index (χ2n) is 8.01. The van der Waals surface area contributed by atoms with Gasteiger partial charge in [-0.15, -0.1) is 0 Å². The minimum absolute atomic E-state index is 0.0302. The first-order valence-electron chi connectivity index (χ1n) is 9.69. The SMILES string of the molecule is CCCCNC(=O)N[C@@H]1CC(C)(C)Cc2c1cnn2-c1ccc(OC)cc1. The third-order valence-electron chi connectivity index (χ3n) is 5.12. The third-order valence-corrected chi connectivity index (χ3v) is 5.12. The lowest BCUT2D eigenvalue weighted by atomic mass is 9.74. The number of methoxy groups -OCH3 is 1. The molecule has 2 aromatic rings. The largest absolute Gasteiger partial charge is 0.497 e.